The number of benzene rings is 1. The van der Waals surface area contributed by atoms with E-state index in [-0.39, 0.29) is 11.9 Å². The lowest BCUT2D eigenvalue weighted by Gasteiger charge is -2.40. The Morgan fingerprint density at radius 3 is 2.89 bits per heavy atom. The van der Waals surface area contributed by atoms with Gasteiger partial charge in [0.2, 0.25) is 0 Å². The first-order chi connectivity index (χ1) is 9.19. The summed E-state index contributed by atoms with van der Waals surface area (Å²) in [6.45, 7) is 3.56. The standard InChI is InChI=1S/C15H20FN3/c1-2-11-5-6-19(13(7-11)10-18)15-4-3-12(9-17)8-14(15)16/h3-4,8,11,13H,2,5-7,10,18H2,1H3. The number of hydrogen-bond donors (Lipinski definition) is 1. The Labute approximate surface area is 113 Å². The molecule has 0 aliphatic carbocycles. The zero-order valence-corrected chi connectivity index (χ0v) is 11.3. The molecule has 2 N–H and O–H groups in total. The van der Waals surface area contributed by atoms with Gasteiger partial charge >= 0.3 is 0 Å². The van der Waals surface area contributed by atoms with E-state index in [1.54, 1.807) is 12.1 Å². The molecule has 102 valence electrons. The summed E-state index contributed by atoms with van der Waals surface area (Å²) in [5.41, 5.74) is 6.77. The number of anilines is 1. The van der Waals surface area contributed by atoms with Crippen LogP contribution in [0.15, 0.2) is 18.2 Å². The van der Waals surface area contributed by atoms with Crippen molar-refractivity contribution in [2.45, 2.75) is 32.2 Å². The molecular formula is C15H20FN3. The fourth-order valence-electron chi connectivity index (χ4n) is 2.85. The average molecular weight is 261 g/mol. The lowest BCUT2D eigenvalue weighted by Crippen LogP contribution is -2.47. The Kier molecular flexibility index (Phi) is 4.39. The van der Waals surface area contributed by atoms with E-state index in [2.05, 4.69) is 11.8 Å². The smallest absolute Gasteiger partial charge is 0.147 e. The van der Waals surface area contributed by atoms with Crippen LogP contribution in [-0.4, -0.2) is 19.1 Å². The molecule has 2 atom stereocenters. The lowest BCUT2D eigenvalue weighted by molar-refractivity contribution is 0.333. The fraction of sp³-hybridized carbons (Fsp3) is 0.533. The van der Waals surface area contributed by atoms with E-state index in [0.29, 0.717) is 23.7 Å². The zero-order valence-electron chi connectivity index (χ0n) is 11.3. The molecule has 4 heteroatoms. The van der Waals surface area contributed by atoms with Gasteiger partial charge in [0.15, 0.2) is 0 Å². The van der Waals surface area contributed by atoms with E-state index < -0.39 is 0 Å². The van der Waals surface area contributed by atoms with Crippen molar-refractivity contribution in [1.82, 2.24) is 0 Å². The highest BCUT2D eigenvalue weighted by Crippen LogP contribution is 2.31. The van der Waals surface area contributed by atoms with Crippen LogP contribution in [0.2, 0.25) is 0 Å². The largest absolute Gasteiger partial charge is 0.365 e. The average Bonchev–Trinajstić information content (AvgIpc) is 2.46. The first-order valence-corrected chi connectivity index (χ1v) is 6.86. The molecule has 1 aliphatic heterocycles. The van der Waals surface area contributed by atoms with Crippen LogP contribution in [-0.2, 0) is 0 Å². The third-order valence-corrected chi connectivity index (χ3v) is 4.06. The van der Waals surface area contributed by atoms with Gasteiger partial charge in [-0.05, 0) is 37.0 Å². The van der Waals surface area contributed by atoms with Crippen LogP contribution < -0.4 is 10.6 Å². The normalized spacial score (nSPS) is 23.2. The quantitative estimate of drug-likeness (QED) is 0.910. The van der Waals surface area contributed by atoms with Gasteiger partial charge in [0, 0.05) is 19.1 Å². The minimum Gasteiger partial charge on any atom is -0.365 e. The summed E-state index contributed by atoms with van der Waals surface area (Å²) in [6.07, 6.45) is 3.25. The Bertz CT molecular complexity index is 481. The van der Waals surface area contributed by atoms with Crippen LogP contribution in [0.3, 0.4) is 0 Å². The van der Waals surface area contributed by atoms with Crippen LogP contribution in [0, 0.1) is 23.1 Å². The summed E-state index contributed by atoms with van der Waals surface area (Å²) in [5, 5.41) is 8.78. The molecule has 1 aromatic carbocycles. The highest BCUT2D eigenvalue weighted by Gasteiger charge is 2.28. The van der Waals surface area contributed by atoms with Gasteiger partial charge in [0.1, 0.15) is 5.82 Å². The zero-order chi connectivity index (χ0) is 13.8. The van der Waals surface area contributed by atoms with Crippen LogP contribution in [0.1, 0.15) is 31.7 Å². The van der Waals surface area contributed by atoms with Crippen molar-refractivity contribution in [2.75, 3.05) is 18.0 Å². The minimum absolute atomic E-state index is 0.195. The van der Waals surface area contributed by atoms with E-state index in [1.807, 2.05) is 6.07 Å². The van der Waals surface area contributed by atoms with Gasteiger partial charge < -0.3 is 10.6 Å². The van der Waals surface area contributed by atoms with Crippen LogP contribution >= 0.6 is 0 Å². The number of nitriles is 1. The van der Waals surface area contributed by atoms with Crippen molar-refractivity contribution in [3.8, 4) is 6.07 Å². The molecule has 1 fully saturated rings. The highest BCUT2D eigenvalue weighted by atomic mass is 19.1. The van der Waals surface area contributed by atoms with Crippen molar-refractivity contribution in [3.63, 3.8) is 0 Å². The third kappa shape index (κ3) is 2.87. The van der Waals surface area contributed by atoms with Gasteiger partial charge in [-0.3, -0.25) is 0 Å². The minimum atomic E-state index is -0.326. The first-order valence-electron chi connectivity index (χ1n) is 6.86. The summed E-state index contributed by atoms with van der Waals surface area (Å²) in [5.74, 6) is 0.360. The number of nitrogens with zero attached hydrogens (tertiary/aromatic N) is 2. The van der Waals surface area contributed by atoms with E-state index >= 15 is 0 Å². The molecule has 3 nitrogen and oxygen atoms in total. The number of halogens is 1. The van der Waals surface area contributed by atoms with Crippen molar-refractivity contribution >= 4 is 5.69 Å². The summed E-state index contributed by atoms with van der Waals surface area (Å²) in [7, 11) is 0. The van der Waals surface area contributed by atoms with E-state index in [4.69, 9.17) is 11.0 Å². The van der Waals surface area contributed by atoms with Crippen LogP contribution in [0.5, 0.6) is 0 Å². The highest BCUT2D eigenvalue weighted by molar-refractivity contribution is 5.52. The second kappa shape index (κ2) is 6.03. The van der Waals surface area contributed by atoms with Gasteiger partial charge in [-0.1, -0.05) is 13.3 Å². The summed E-state index contributed by atoms with van der Waals surface area (Å²) >= 11 is 0. The molecule has 1 saturated heterocycles. The Hall–Kier alpha value is -1.60. The molecule has 1 aromatic rings. The molecule has 0 amide bonds. The molecule has 0 saturated carbocycles. The molecule has 0 bridgehead atoms. The maximum absolute atomic E-state index is 14.1. The van der Waals surface area contributed by atoms with E-state index in [9.17, 15) is 4.39 Å². The summed E-state index contributed by atoms with van der Waals surface area (Å²) in [6, 6.07) is 6.81. The molecule has 19 heavy (non-hydrogen) atoms. The van der Waals surface area contributed by atoms with Gasteiger partial charge in [0.05, 0.1) is 17.3 Å². The van der Waals surface area contributed by atoms with Gasteiger partial charge in [-0.25, -0.2) is 4.39 Å². The molecule has 1 heterocycles. The molecule has 0 spiro atoms. The second-order valence-electron chi connectivity index (χ2n) is 5.16. The van der Waals surface area contributed by atoms with Crippen LogP contribution in [0.4, 0.5) is 10.1 Å². The Morgan fingerprint density at radius 1 is 1.53 bits per heavy atom. The third-order valence-electron chi connectivity index (χ3n) is 4.06. The summed E-state index contributed by atoms with van der Waals surface area (Å²) < 4.78 is 14.1. The van der Waals surface area contributed by atoms with Crippen molar-refractivity contribution in [3.05, 3.63) is 29.6 Å². The molecule has 0 radical (unpaired) electrons. The Balaban J connectivity index is 2.23. The fourth-order valence-corrected chi connectivity index (χ4v) is 2.85. The monoisotopic (exact) mass is 261 g/mol. The SMILES string of the molecule is CCC1CCN(c2ccc(C#N)cc2F)C(CN)C1. The maximum atomic E-state index is 14.1. The number of hydrogen-bond acceptors (Lipinski definition) is 3. The predicted molar refractivity (Wildman–Crippen MR) is 74.3 cm³/mol. The molecule has 0 aromatic heterocycles. The van der Waals surface area contributed by atoms with Gasteiger partial charge in [0.25, 0.3) is 0 Å². The van der Waals surface area contributed by atoms with E-state index in [1.165, 1.54) is 6.07 Å². The second-order valence-corrected chi connectivity index (χ2v) is 5.16. The van der Waals surface area contributed by atoms with Crippen molar-refractivity contribution in [2.24, 2.45) is 11.7 Å². The van der Waals surface area contributed by atoms with Crippen molar-refractivity contribution in [1.29, 1.82) is 5.26 Å². The molecular weight excluding hydrogens is 241 g/mol. The lowest BCUT2D eigenvalue weighted by atomic mass is 9.88. The maximum Gasteiger partial charge on any atom is 0.147 e. The number of piperidine rings is 1. The number of nitrogens with two attached hydrogens (primary N) is 1. The van der Waals surface area contributed by atoms with E-state index in [0.717, 1.165) is 25.8 Å². The number of rotatable bonds is 3. The Morgan fingerprint density at radius 2 is 2.32 bits per heavy atom. The molecule has 2 rings (SSSR count). The van der Waals surface area contributed by atoms with Gasteiger partial charge in [-0.2, -0.15) is 5.26 Å². The first kappa shape index (κ1) is 13.8. The topological polar surface area (TPSA) is 53.0 Å². The molecule has 1 aliphatic rings. The van der Waals surface area contributed by atoms with Crippen LogP contribution in [0.25, 0.3) is 0 Å². The van der Waals surface area contributed by atoms with Gasteiger partial charge in [-0.15, -0.1) is 0 Å². The predicted octanol–water partition coefficient (Wildman–Crippen LogP) is 2.65. The summed E-state index contributed by atoms with van der Waals surface area (Å²) in [4.78, 5) is 2.06. The molecule has 2 unspecified atom stereocenters. The van der Waals surface area contributed by atoms with Crippen molar-refractivity contribution < 1.29 is 4.39 Å².